The van der Waals surface area contributed by atoms with Gasteiger partial charge in [0.25, 0.3) is 0 Å². The van der Waals surface area contributed by atoms with Gasteiger partial charge in [-0.3, -0.25) is 30.5 Å². The second-order valence-electron chi connectivity index (χ2n) is 10.4. The average molecular weight is 521 g/mol. The number of rotatable bonds is 10. The normalized spacial score (nSPS) is 14.9. The maximum atomic E-state index is 10.8. The number of piperazine rings is 1. The van der Waals surface area contributed by atoms with Crippen LogP contribution in [0.5, 0.6) is 11.5 Å². The van der Waals surface area contributed by atoms with Crippen molar-refractivity contribution in [2.24, 2.45) is 4.99 Å². The summed E-state index contributed by atoms with van der Waals surface area (Å²) in [5.74, 6) is 0.744. The number of benzene rings is 2. The number of hydrogen-bond donors (Lipinski definition) is 3. The van der Waals surface area contributed by atoms with E-state index in [4.69, 9.17) is 15.6 Å². The summed E-state index contributed by atoms with van der Waals surface area (Å²) in [6, 6.07) is 11.9. The minimum Gasteiger partial charge on any atom is -0.507 e. The maximum Gasteiger partial charge on any atom is 0.149 e. The monoisotopic (exact) mass is 520 g/mol. The van der Waals surface area contributed by atoms with Crippen LogP contribution in [-0.4, -0.2) is 78.7 Å². The summed E-state index contributed by atoms with van der Waals surface area (Å²) in [5, 5.41) is 28.6. The molecule has 0 aliphatic carbocycles. The number of anilines is 1. The Hall–Kier alpha value is -3.23. The van der Waals surface area contributed by atoms with Crippen LogP contribution in [0.25, 0.3) is 0 Å². The number of ether oxygens (including phenoxy) is 1. The summed E-state index contributed by atoms with van der Waals surface area (Å²) in [6.45, 7) is 16.3. The Kier molecular flexibility index (Phi) is 10.4. The molecule has 2 aromatic rings. The van der Waals surface area contributed by atoms with Gasteiger partial charge in [-0.1, -0.05) is 32.9 Å². The Morgan fingerprint density at radius 3 is 2.29 bits per heavy atom. The van der Waals surface area contributed by atoms with Crippen LogP contribution in [0.1, 0.15) is 63.6 Å². The predicted octanol–water partition coefficient (Wildman–Crippen LogP) is 5.34. The largest absolute Gasteiger partial charge is 0.507 e. The lowest BCUT2D eigenvalue weighted by Gasteiger charge is -2.37. The lowest BCUT2D eigenvalue weighted by molar-refractivity contribution is 0.104. The van der Waals surface area contributed by atoms with E-state index in [0.717, 1.165) is 44.7 Å². The van der Waals surface area contributed by atoms with Crippen LogP contribution < -0.4 is 9.64 Å². The molecule has 0 bridgehead atoms. The predicted molar refractivity (Wildman–Crippen MR) is 158 cm³/mol. The van der Waals surface area contributed by atoms with Gasteiger partial charge in [-0.05, 0) is 55.5 Å². The molecule has 8 heteroatoms. The number of aromatic hydroxyl groups is 1. The third-order valence-electron chi connectivity index (χ3n) is 6.99. The van der Waals surface area contributed by atoms with Gasteiger partial charge in [-0.15, -0.1) is 0 Å². The molecular weight excluding hydrogens is 476 g/mol. The first-order valence-electron chi connectivity index (χ1n) is 13.6. The summed E-state index contributed by atoms with van der Waals surface area (Å²) in [5.41, 5.74) is 3.11. The number of hydrogen-bond acceptors (Lipinski definition) is 7. The van der Waals surface area contributed by atoms with E-state index in [1.807, 2.05) is 32.9 Å². The first kappa shape index (κ1) is 29.3. The van der Waals surface area contributed by atoms with E-state index in [0.29, 0.717) is 29.6 Å². The molecule has 0 radical (unpaired) electrons. The number of phenols is 1. The second-order valence-corrected chi connectivity index (χ2v) is 10.4. The van der Waals surface area contributed by atoms with E-state index in [9.17, 15) is 5.11 Å². The van der Waals surface area contributed by atoms with Crippen molar-refractivity contribution in [3.05, 3.63) is 53.1 Å². The fraction of sp³-hybridized carbons (Fsp3) is 0.500. The number of nitrogens with zero attached hydrogens (tertiary/aromatic N) is 4. The third-order valence-corrected chi connectivity index (χ3v) is 6.99. The molecule has 1 aliphatic heterocycles. The molecule has 0 spiro atoms. The van der Waals surface area contributed by atoms with Crippen molar-refractivity contribution in [3.8, 4) is 11.5 Å². The molecule has 1 heterocycles. The first-order chi connectivity index (χ1) is 18.2. The summed E-state index contributed by atoms with van der Waals surface area (Å²) in [7, 11) is 1.57. The zero-order valence-corrected chi connectivity index (χ0v) is 23.8. The molecule has 0 aromatic heterocycles. The van der Waals surface area contributed by atoms with Crippen molar-refractivity contribution < 1.29 is 9.84 Å². The van der Waals surface area contributed by atoms with E-state index >= 15 is 0 Å². The van der Waals surface area contributed by atoms with Crippen LogP contribution in [0, 0.1) is 10.8 Å². The minimum atomic E-state index is -0.0586. The number of methoxy groups -OCH3 is 1. The molecule has 3 N–H and O–H groups in total. The molecule has 3 rings (SSSR count). The number of aliphatic imine (C=N–C) groups is 1. The van der Waals surface area contributed by atoms with E-state index in [1.165, 1.54) is 16.7 Å². The van der Waals surface area contributed by atoms with Crippen LogP contribution in [0.4, 0.5) is 5.69 Å². The Morgan fingerprint density at radius 2 is 1.74 bits per heavy atom. The van der Waals surface area contributed by atoms with Crippen molar-refractivity contribution in [1.82, 2.24) is 9.80 Å². The van der Waals surface area contributed by atoms with E-state index < -0.39 is 0 Å². The number of nitrogens with one attached hydrogen (secondary N) is 2. The number of phenolic OH excluding ortho intramolecular Hbond substituents is 1. The Labute approximate surface area is 228 Å². The molecule has 0 atom stereocenters. The molecular formula is C30H44N6O2. The first-order valence-corrected chi connectivity index (χ1v) is 13.6. The Bertz CT molecular complexity index is 1120. The highest BCUT2D eigenvalue weighted by Crippen LogP contribution is 2.34. The minimum absolute atomic E-state index is 0.0116. The maximum absolute atomic E-state index is 10.8. The molecule has 0 amide bonds. The molecule has 8 nitrogen and oxygen atoms in total. The molecule has 2 aromatic carbocycles. The zero-order valence-electron chi connectivity index (χ0n) is 23.8. The van der Waals surface area contributed by atoms with Gasteiger partial charge in [0, 0.05) is 57.1 Å². The Morgan fingerprint density at radius 1 is 1.08 bits per heavy atom. The summed E-state index contributed by atoms with van der Waals surface area (Å²) < 4.78 is 5.46. The van der Waals surface area contributed by atoms with Gasteiger partial charge >= 0.3 is 0 Å². The van der Waals surface area contributed by atoms with Crippen molar-refractivity contribution in [2.45, 2.75) is 59.5 Å². The summed E-state index contributed by atoms with van der Waals surface area (Å²) >= 11 is 0. The SMILES string of the molecule is CCCN=CC(=N)N(C(=N)c1cc(C(C)C)c(OC)cc1O)c1ccc(CN2CCN(C(C)C)CC2)cc1. The highest BCUT2D eigenvalue weighted by Gasteiger charge is 2.24. The van der Waals surface area contributed by atoms with Crippen molar-refractivity contribution >= 4 is 23.6 Å². The fourth-order valence-corrected chi connectivity index (χ4v) is 4.70. The highest BCUT2D eigenvalue weighted by molar-refractivity contribution is 6.42. The molecule has 1 fully saturated rings. The molecule has 1 saturated heterocycles. The van der Waals surface area contributed by atoms with Crippen LogP contribution in [-0.2, 0) is 6.54 Å². The van der Waals surface area contributed by atoms with Crippen LogP contribution >= 0.6 is 0 Å². The fourth-order valence-electron chi connectivity index (χ4n) is 4.70. The lowest BCUT2D eigenvalue weighted by atomic mass is 9.98. The highest BCUT2D eigenvalue weighted by atomic mass is 16.5. The van der Waals surface area contributed by atoms with Gasteiger partial charge < -0.3 is 9.84 Å². The Balaban J connectivity index is 1.88. The number of amidine groups is 2. The quantitative estimate of drug-likeness (QED) is 0.290. The third kappa shape index (κ3) is 7.20. The van der Waals surface area contributed by atoms with Crippen molar-refractivity contribution in [1.29, 1.82) is 10.8 Å². The van der Waals surface area contributed by atoms with Crippen LogP contribution in [0.2, 0.25) is 0 Å². The zero-order chi connectivity index (χ0) is 27.8. The lowest BCUT2D eigenvalue weighted by Crippen LogP contribution is -2.48. The van der Waals surface area contributed by atoms with Gasteiger partial charge in [-0.25, -0.2) is 0 Å². The van der Waals surface area contributed by atoms with Gasteiger partial charge in [0.2, 0.25) is 0 Å². The van der Waals surface area contributed by atoms with Crippen LogP contribution in [0.15, 0.2) is 41.4 Å². The van der Waals surface area contributed by atoms with E-state index in [2.05, 4.69) is 40.8 Å². The molecule has 38 heavy (non-hydrogen) atoms. The average Bonchev–Trinajstić information content (AvgIpc) is 2.89. The molecule has 0 unspecified atom stereocenters. The van der Waals surface area contributed by atoms with Gasteiger partial charge in [0.05, 0.1) is 18.9 Å². The van der Waals surface area contributed by atoms with Crippen molar-refractivity contribution in [2.75, 3.05) is 44.7 Å². The van der Waals surface area contributed by atoms with Crippen molar-refractivity contribution in [3.63, 3.8) is 0 Å². The van der Waals surface area contributed by atoms with Crippen LogP contribution in [0.3, 0.4) is 0 Å². The summed E-state index contributed by atoms with van der Waals surface area (Å²) in [6.07, 6.45) is 2.36. The summed E-state index contributed by atoms with van der Waals surface area (Å²) in [4.78, 5) is 10.8. The second kappa shape index (κ2) is 13.5. The van der Waals surface area contributed by atoms with Gasteiger partial charge in [0.1, 0.15) is 23.2 Å². The smallest absolute Gasteiger partial charge is 0.149 e. The molecule has 0 saturated carbocycles. The van der Waals surface area contributed by atoms with Gasteiger partial charge in [0.15, 0.2) is 0 Å². The standard InChI is InChI=1S/C30H44N6O2/c1-7-12-33-19-29(31)36(30(32)26-17-25(21(2)3)28(38-6)18-27(26)37)24-10-8-23(9-11-24)20-34-13-15-35(16-14-34)22(4)5/h8-11,17-19,21-22,31-32,37H,7,12-16,20H2,1-6H3. The van der Waals surface area contributed by atoms with Gasteiger partial charge in [-0.2, -0.15) is 0 Å². The van der Waals surface area contributed by atoms with E-state index in [1.54, 1.807) is 19.2 Å². The molecule has 1 aliphatic rings. The molecule has 206 valence electrons. The topological polar surface area (TPSA) is 99.2 Å². The van der Waals surface area contributed by atoms with E-state index in [-0.39, 0.29) is 23.3 Å².